The third-order valence-electron chi connectivity index (χ3n) is 2.98. The lowest BCUT2D eigenvalue weighted by Gasteiger charge is -2.28. The van der Waals surface area contributed by atoms with Gasteiger partial charge in [0.1, 0.15) is 5.75 Å². The Balaban J connectivity index is 2.63. The lowest BCUT2D eigenvalue weighted by molar-refractivity contribution is -0.888. The molecule has 0 aliphatic carbocycles. The highest BCUT2D eigenvalue weighted by atomic mass is 16.5. The molecule has 0 aliphatic rings. The quantitative estimate of drug-likeness (QED) is 0.794. The summed E-state index contributed by atoms with van der Waals surface area (Å²) in [5.74, 6) is 0.511. The van der Waals surface area contributed by atoms with Crippen LogP contribution in [-0.4, -0.2) is 37.8 Å². The highest BCUT2D eigenvalue weighted by molar-refractivity contribution is 5.68. The van der Waals surface area contributed by atoms with E-state index in [1.54, 1.807) is 6.07 Å². The van der Waals surface area contributed by atoms with Crippen molar-refractivity contribution in [1.82, 2.24) is 0 Å². The Kier molecular flexibility index (Phi) is 4.52. The van der Waals surface area contributed by atoms with Crippen LogP contribution in [0.2, 0.25) is 0 Å². The van der Waals surface area contributed by atoms with E-state index >= 15 is 0 Å². The molecule has 2 N–H and O–H groups in total. The first-order valence-electron chi connectivity index (χ1n) is 5.81. The van der Waals surface area contributed by atoms with Gasteiger partial charge in [0.15, 0.2) is 0 Å². The molecule has 0 fully saturated rings. The Hall–Kier alpha value is -1.55. The predicted octanol–water partition coefficient (Wildman–Crippen LogP) is 1.78. The van der Waals surface area contributed by atoms with E-state index in [9.17, 15) is 4.79 Å². The van der Waals surface area contributed by atoms with Crippen LogP contribution in [0, 0.1) is 0 Å². The van der Waals surface area contributed by atoms with E-state index in [1.807, 2.05) is 18.2 Å². The number of benzene rings is 1. The molecule has 4 heteroatoms. The van der Waals surface area contributed by atoms with E-state index < -0.39 is 6.09 Å². The average Bonchev–Trinajstić information content (AvgIpc) is 2.26. The van der Waals surface area contributed by atoms with Crippen molar-refractivity contribution in [1.29, 1.82) is 0 Å². The van der Waals surface area contributed by atoms with Crippen molar-refractivity contribution in [3.8, 4) is 5.75 Å². The zero-order valence-electron chi connectivity index (χ0n) is 10.8. The lowest BCUT2D eigenvalue weighted by atomic mass is 10.1. The van der Waals surface area contributed by atoms with Crippen molar-refractivity contribution in [3.05, 3.63) is 29.8 Å². The number of hydrogen-bond acceptors (Lipinski definition) is 2. The molecule has 0 spiro atoms. The number of amides is 1. The number of quaternary nitrogens is 1. The summed E-state index contributed by atoms with van der Waals surface area (Å²) in [5.41, 5.74) is 6.13. The fourth-order valence-corrected chi connectivity index (χ4v) is 1.47. The second-order valence-electron chi connectivity index (χ2n) is 4.79. The topological polar surface area (TPSA) is 52.3 Å². The summed E-state index contributed by atoms with van der Waals surface area (Å²) in [6.07, 6.45) is 0.184. The fraction of sp³-hybridized carbons (Fsp3) is 0.462. The molecule has 1 amide bonds. The second-order valence-corrected chi connectivity index (χ2v) is 4.79. The predicted molar refractivity (Wildman–Crippen MR) is 67.9 cm³/mol. The first-order valence-corrected chi connectivity index (χ1v) is 5.81. The number of ether oxygens (including phenoxy) is 1. The molecule has 1 aromatic rings. The number of nitrogens with two attached hydrogens (primary N) is 1. The summed E-state index contributed by atoms with van der Waals surface area (Å²) in [7, 11) is 4.40. The Labute approximate surface area is 103 Å². The van der Waals surface area contributed by atoms with Crippen LogP contribution < -0.4 is 10.5 Å². The zero-order valence-corrected chi connectivity index (χ0v) is 10.8. The molecular formula is C13H21N2O2+. The number of primary amides is 1. The van der Waals surface area contributed by atoms with Crippen LogP contribution in [0.4, 0.5) is 4.79 Å². The van der Waals surface area contributed by atoms with Crippen LogP contribution >= 0.6 is 0 Å². The fourth-order valence-electron chi connectivity index (χ4n) is 1.47. The van der Waals surface area contributed by atoms with Gasteiger partial charge in [-0.2, -0.15) is 0 Å². The molecule has 0 heterocycles. The maximum atomic E-state index is 10.6. The van der Waals surface area contributed by atoms with Gasteiger partial charge in [-0.15, -0.1) is 0 Å². The summed E-state index contributed by atoms with van der Waals surface area (Å²) < 4.78 is 5.82. The number of likely N-dealkylation sites (N-methyl/N-ethyl adjacent to an activating group) is 1. The van der Waals surface area contributed by atoms with E-state index in [0.717, 1.165) is 29.6 Å². The molecule has 0 aliphatic heterocycles. The summed E-state index contributed by atoms with van der Waals surface area (Å²) >= 11 is 0. The number of carbonyl (C=O) groups is 1. The molecule has 94 valence electrons. The van der Waals surface area contributed by atoms with E-state index in [4.69, 9.17) is 10.5 Å². The van der Waals surface area contributed by atoms with Crippen LogP contribution in [0.15, 0.2) is 24.3 Å². The van der Waals surface area contributed by atoms with Crippen LogP contribution in [0.25, 0.3) is 0 Å². The van der Waals surface area contributed by atoms with Gasteiger partial charge in [-0.3, -0.25) is 0 Å². The van der Waals surface area contributed by atoms with Crippen LogP contribution in [0.3, 0.4) is 0 Å². The summed E-state index contributed by atoms with van der Waals surface area (Å²) in [4.78, 5) is 10.6. The Morgan fingerprint density at radius 1 is 1.41 bits per heavy atom. The van der Waals surface area contributed by atoms with Gasteiger partial charge < -0.3 is 15.0 Å². The SMILES string of the molecule is CC[N+](C)(C)CCc1cccc(OC(N)=O)c1. The van der Waals surface area contributed by atoms with Gasteiger partial charge >= 0.3 is 6.09 Å². The lowest BCUT2D eigenvalue weighted by Crippen LogP contribution is -2.40. The van der Waals surface area contributed by atoms with Crippen molar-refractivity contribution in [2.75, 3.05) is 27.2 Å². The van der Waals surface area contributed by atoms with Crippen molar-refractivity contribution in [3.63, 3.8) is 0 Å². The third kappa shape index (κ3) is 4.87. The van der Waals surface area contributed by atoms with Crippen LogP contribution in [-0.2, 0) is 6.42 Å². The molecule has 0 unspecified atom stereocenters. The van der Waals surface area contributed by atoms with Crippen molar-refractivity contribution >= 4 is 6.09 Å². The van der Waals surface area contributed by atoms with Crippen LogP contribution in [0.1, 0.15) is 12.5 Å². The highest BCUT2D eigenvalue weighted by Crippen LogP contribution is 2.14. The monoisotopic (exact) mass is 237 g/mol. The molecular weight excluding hydrogens is 216 g/mol. The molecule has 0 bridgehead atoms. The standard InChI is InChI=1S/C13H20N2O2/c1-4-15(2,3)9-8-11-6-5-7-12(10-11)17-13(14)16/h5-7,10H,4,8-9H2,1-3H3,(H-,14,16)/p+1. The average molecular weight is 237 g/mol. The molecule has 0 atom stereocenters. The van der Waals surface area contributed by atoms with Gasteiger partial charge in [-0.25, -0.2) is 4.79 Å². The summed E-state index contributed by atoms with van der Waals surface area (Å²) in [6, 6.07) is 7.50. The van der Waals surface area contributed by atoms with Crippen molar-refractivity contribution in [2.24, 2.45) is 5.73 Å². The zero-order chi connectivity index (χ0) is 12.9. The third-order valence-corrected chi connectivity index (χ3v) is 2.98. The normalized spacial score (nSPS) is 11.2. The van der Waals surface area contributed by atoms with E-state index in [0.29, 0.717) is 5.75 Å². The molecule has 0 radical (unpaired) electrons. The highest BCUT2D eigenvalue weighted by Gasteiger charge is 2.11. The van der Waals surface area contributed by atoms with Crippen LogP contribution in [0.5, 0.6) is 5.75 Å². The van der Waals surface area contributed by atoms with E-state index in [-0.39, 0.29) is 0 Å². The number of nitrogens with zero attached hydrogens (tertiary/aromatic N) is 1. The largest absolute Gasteiger partial charge is 0.410 e. The van der Waals surface area contributed by atoms with Gasteiger partial charge in [0.05, 0.1) is 27.2 Å². The van der Waals surface area contributed by atoms with Gasteiger partial charge in [0.25, 0.3) is 0 Å². The summed E-state index contributed by atoms with van der Waals surface area (Å²) in [6.45, 7) is 4.32. The van der Waals surface area contributed by atoms with Gasteiger partial charge in [-0.1, -0.05) is 12.1 Å². The molecule has 4 nitrogen and oxygen atoms in total. The van der Waals surface area contributed by atoms with Crippen molar-refractivity contribution in [2.45, 2.75) is 13.3 Å². The molecule has 17 heavy (non-hydrogen) atoms. The Morgan fingerprint density at radius 2 is 2.12 bits per heavy atom. The Morgan fingerprint density at radius 3 is 2.71 bits per heavy atom. The summed E-state index contributed by atoms with van der Waals surface area (Å²) in [5, 5.41) is 0. The maximum absolute atomic E-state index is 10.6. The van der Waals surface area contributed by atoms with Gasteiger partial charge in [0.2, 0.25) is 0 Å². The molecule has 0 aromatic heterocycles. The Bertz CT molecular complexity index is 389. The minimum absolute atomic E-state index is 0.511. The molecule has 0 saturated heterocycles. The molecule has 1 rings (SSSR count). The number of rotatable bonds is 5. The smallest absolute Gasteiger partial charge is 0.409 e. The molecule has 1 aromatic carbocycles. The number of carbonyl (C=O) groups excluding carboxylic acids is 1. The first kappa shape index (κ1) is 13.5. The van der Waals surface area contributed by atoms with Gasteiger partial charge in [0, 0.05) is 6.42 Å². The minimum Gasteiger partial charge on any atom is -0.410 e. The van der Waals surface area contributed by atoms with E-state index in [1.165, 1.54) is 0 Å². The minimum atomic E-state index is -0.771. The number of hydrogen-bond donors (Lipinski definition) is 1. The first-order chi connectivity index (χ1) is 7.93. The second kappa shape index (κ2) is 5.68. The van der Waals surface area contributed by atoms with Gasteiger partial charge in [-0.05, 0) is 24.6 Å². The van der Waals surface area contributed by atoms with E-state index in [2.05, 4.69) is 21.0 Å². The van der Waals surface area contributed by atoms with Crippen molar-refractivity contribution < 1.29 is 14.0 Å². The molecule has 0 saturated carbocycles. The maximum Gasteiger partial charge on any atom is 0.409 e.